The average molecular weight is 414 g/mol. The molecular weight excluding hydrogens is 402 g/mol. The van der Waals surface area contributed by atoms with Crippen LogP contribution in [0.5, 0.6) is 0 Å². The molecule has 0 spiro atoms. The first-order valence-electron chi connectivity index (χ1n) is 7.44. The fraction of sp³-hybridized carbons (Fsp3) is 0.0588. The van der Waals surface area contributed by atoms with Crippen LogP contribution >= 0.6 is 27.3 Å². The van der Waals surface area contributed by atoms with E-state index in [0.717, 1.165) is 15.7 Å². The van der Waals surface area contributed by atoms with Crippen LogP contribution in [0.2, 0.25) is 0 Å². The van der Waals surface area contributed by atoms with Gasteiger partial charge >= 0.3 is 0 Å². The molecule has 0 saturated carbocycles. The van der Waals surface area contributed by atoms with Crippen LogP contribution in [-0.4, -0.2) is 25.5 Å². The molecule has 6 nitrogen and oxygen atoms in total. The third-order valence-corrected chi connectivity index (χ3v) is 4.89. The number of carbonyl (C=O) groups excluding carboxylic acids is 1. The number of carbonyl (C=O) groups is 1. The van der Waals surface area contributed by atoms with Gasteiger partial charge in [-0.25, -0.2) is 14.5 Å². The molecule has 1 aromatic carbocycles. The van der Waals surface area contributed by atoms with Crippen molar-refractivity contribution in [3.8, 4) is 11.3 Å². The normalized spacial score (nSPS) is 11.0. The zero-order valence-electron chi connectivity index (χ0n) is 13.1. The van der Waals surface area contributed by atoms with Gasteiger partial charge in [-0.15, -0.1) is 11.3 Å². The van der Waals surface area contributed by atoms with E-state index in [1.165, 1.54) is 11.3 Å². The van der Waals surface area contributed by atoms with E-state index in [1.54, 1.807) is 29.9 Å². The Kier molecular flexibility index (Phi) is 4.06. The smallest absolute Gasteiger partial charge is 0.263 e. The van der Waals surface area contributed by atoms with E-state index in [-0.39, 0.29) is 5.91 Å². The molecule has 124 valence electrons. The summed E-state index contributed by atoms with van der Waals surface area (Å²) in [5.41, 5.74) is 3.41. The molecule has 0 unspecified atom stereocenters. The molecule has 25 heavy (non-hydrogen) atoms. The van der Waals surface area contributed by atoms with E-state index in [0.29, 0.717) is 22.0 Å². The van der Waals surface area contributed by atoms with Crippen molar-refractivity contribution in [3.63, 3.8) is 0 Å². The van der Waals surface area contributed by atoms with Crippen LogP contribution in [0.3, 0.4) is 0 Å². The highest BCUT2D eigenvalue weighted by atomic mass is 79.9. The number of nitrogens with zero attached hydrogens (tertiary/aromatic N) is 4. The summed E-state index contributed by atoms with van der Waals surface area (Å²) in [5, 5.41) is 9.61. The molecule has 0 radical (unpaired) electrons. The van der Waals surface area contributed by atoms with Crippen molar-refractivity contribution in [1.29, 1.82) is 0 Å². The fourth-order valence-corrected chi connectivity index (χ4v) is 3.65. The first-order chi connectivity index (χ1) is 12.1. The number of nitrogens with one attached hydrogen (secondary N) is 1. The number of rotatable bonds is 3. The number of thiazole rings is 1. The third kappa shape index (κ3) is 3.06. The standard InChI is InChI=1S/C17H12BrN5OS/c1-10-14(15-19-6-3-7-23(15)22-10)16(24)21-17-20-13(9-25-17)11-4-2-5-12(18)8-11/h2-9H,1H3,(H,20,21,24). The van der Waals surface area contributed by atoms with E-state index in [1.807, 2.05) is 29.6 Å². The second-order valence-corrected chi connectivity index (χ2v) is 7.12. The van der Waals surface area contributed by atoms with Crippen LogP contribution in [0.1, 0.15) is 16.1 Å². The lowest BCUT2D eigenvalue weighted by Gasteiger charge is -2.01. The van der Waals surface area contributed by atoms with Crippen LogP contribution in [0.4, 0.5) is 5.13 Å². The minimum absolute atomic E-state index is 0.263. The Labute approximate surface area is 155 Å². The molecule has 1 N–H and O–H groups in total. The number of anilines is 1. The topological polar surface area (TPSA) is 72.2 Å². The Morgan fingerprint density at radius 3 is 3.04 bits per heavy atom. The zero-order chi connectivity index (χ0) is 17.4. The van der Waals surface area contributed by atoms with Gasteiger partial charge in [-0.1, -0.05) is 28.1 Å². The predicted octanol–water partition coefficient (Wildman–Crippen LogP) is 4.18. The molecule has 4 rings (SSSR count). The Morgan fingerprint density at radius 1 is 1.32 bits per heavy atom. The monoisotopic (exact) mass is 413 g/mol. The number of halogens is 1. The molecule has 3 heterocycles. The third-order valence-electron chi connectivity index (χ3n) is 3.64. The summed E-state index contributed by atoms with van der Waals surface area (Å²) < 4.78 is 2.58. The summed E-state index contributed by atoms with van der Waals surface area (Å²) in [7, 11) is 0. The molecular formula is C17H12BrN5OS. The predicted molar refractivity (Wildman–Crippen MR) is 101 cm³/mol. The van der Waals surface area contributed by atoms with Gasteiger partial charge < -0.3 is 0 Å². The number of hydrogen-bond donors (Lipinski definition) is 1. The lowest BCUT2D eigenvalue weighted by atomic mass is 10.2. The molecule has 0 saturated heterocycles. The van der Waals surface area contributed by atoms with Gasteiger partial charge in [0.25, 0.3) is 5.91 Å². The lowest BCUT2D eigenvalue weighted by Crippen LogP contribution is -2.13. The summed E-state index contributed by atoms with van der Waals surface area (Å²) >= 11 is 4.83. The molecule has 8 heteroatoms. The Hall–Kier alpha value is -2.58. The van der Waals surface area contributed by atoms with E-state index in [4.69, 9.17) is 0 Å². The van der Waals surface area contributed by atoms with Crippen molar-refractivity contribution < 1.29 is 4.79 Å². The maximum atomic E-state index is 12.7. The van der Waals surface area contributed by atoms with Gasteiger partial charge in [0.15, 0.2) is 10.8 Å². The van der Waals surface area contributed by atoms with Crippen molar-refractivity contribution in [2.75, 3.05) is 5.32 Å². The minimum Gasteiger partial charge on any atom is -0.298 e. The van der Waals surface area contributed by atoms with E-state index in [9.17, 15) is 4.79 Å². The van der Waals surface area contributed by atoms with Gasteiger partial charge in [-0.3, -0.25) is 10.1 Å². The van der Waals surface area contributed by atoms with Gasteiger partial charge in [0.1, 0.15) is 5.56 Å². The summed E-state index contributed by atoms with van der Waals surface area (Å²) in [6, 6.07) is 9.64. The molecule has 0 atom stereocenters. The fourth-order valence-electron chi connectivity index (χ4n) is 2.53. The van der Waals surface area contributed by atoms with Crippen molar-refractivity contribution >= 4 is 44.0 Å². The highest BCUT2D eigenvalue weighted by Gasteiger charge is 2.19. The number of aromatic nitrogens is 4. The first-order valence-corrected chi connectivity index (χ1v) is 9.12. The number of aryl methyl sites for hydroxylation is 1. The Balaban J connectivity index is 1.62. The molecule has 3 aromatic heterocycles. The molecule has 0 bridgehead atoms. The van der Waals surface area contributed by atoms with Crippen LogP contribution in [0.15, 0.2) is 52.6 Å². The van der Waals surface area contributed by atoms with E-state index >= 15 is 0 Å². The van der Waals surface area contributed by atoms with E-state index in [2.05, 4.69) is 36.3 Å². The molecule has 0 fully saturated rings. The largest absolute Gasteiger partial charge is 0.298 e. The van der Waals surface area contributed by atoms with Crippen molar-refractivity contribution in [2.24, 2.45) is 0 Å². The van der Waals surface area contributed by atoms with Gasteiger partial charge in [-0.05, 0) is 25.1 Å². The highest BCUT2D eigenvalue weighted by Crippen LogP contribution is 2.27. The highest BCUT2D eigenvalue weighted by molar-refractivity contribution is 9.10. The average Bonchev–Trinajstić information content (AvgIpc) is 3.18. The summed E-state index contributed by atoms with van der Waals surface area (Å²) in [5.74, 6) is -0.263. The number of hydrogen-bond acceptors (Lipinski definition) is 5. The van der Waals surface area contributed by atoms with E-state index < -0.39 is 0 Å². The Morgan fingerprint density at radius 2 is 2.20 bits per heavy atom. The van der Waals surface area contributed by atoms with Crippen molar-refractivity contribution in [3.05, 3.63) is 63.8 Å². The molecule has 0 aliphatic rings. The van der Waals surface area contributed by atoms with Crippen LogP contribution in [0.25, 0.3) is 16.9 Å². The summed E-state index contributed by atoms with van der Waals surface area (Å²) in [4.78, 5) is 21.4. The number of amides is 1. The van der Waals surface area contributed by atoms with Crippen LogP contribution in [-0.2, 0) is 0 Å². The van der Waals surface area contributed by atoms with Gasteiger partial charge in [0.05, 0.1) is 11.4 Å². The minimum atomic E-state index is -0.263. The van der Waals surface area contributed by atoms with Crippen LogP contribution in [0, 0.1) is 6.92 Å². The van der Waals surface area contributed by atoms with Gasteiger partial charge in [0.2, 0.25) is 0 Å². The molecule has 4 aromatic rings. The maximum Gasteiger partial charge on any atom is 0.263 e. The quantitative estimate of drug-likeness (QED) is 0.546. The molecule has 0 aliphatic heterocycles. The van der Waals surface area contributed by atoms with Gasteiger partial charge in [-0.2, -0.15) is 5.10 Å². The maximum absolute atomic E-state index is 12.7. The Bertz CT molecular complexity index is 1090. The SMILES string of the molecule is Cc1nn2cccnc2c1C(=O)Nc1nc(-c2cccc(Br)c2)cs1. The van der Waals surface area contributed by atoms with Gasteiger partial charge in [0, 0.05) is 27.8 Å². The number of benzene rings is 1. The first kappa shape index (κ1) is 15.9. The van der Waals surface area contributed by atoms with Crippen molar-refractivity contribution in [1.82, 2.24) is 19.6 Å². The summed E-state index contributed by atoms with van der Waals surface area (Å²) in [6.07, 6.45) is 3.41. The van der Waals surface area contributed by atoms with Crippen molar-refractivity contribution in [2.45, 2.75) is 6.92 Å². The zero-order valence-corrected chi connectivity index (χ0v) is 15.5. The molecule has 0 aliphatic carbocycles. The summed E-state index contributed by atoms with van der Waals surface area (Å²) in [6.45, 7) is 1.79. The molecule has 1 amide bonds. The second kappa shape index (κ2) is 6.38. The lowest BCUT2D eigenvalue weighted by molar-refractivity contribution is 0.102. The van der Waals surface area contributed by atoms with Crippen LogP contribution < -0.4 is 5.32 Å². The number of fused-ring (bicyclic) bond motifs is 1. The second-order valence-electron chi connectivity index (χ2n) is 5.35.